The number of aromatic nitrogens is 4. The molecule has 1 aromatic carbocycles. The predicted octanol–water partition coefficient (Wildman–Crippen LogP) is 3.35. The third-order valence-corrected chi connectivity index (χ3v) is 5.56. The molecule has 11 heteroatoms. The first kappa shape index (κ1) is 25.0. The number of amides is 1. The maximum absolute atomic E-state index is 13.6. The van der Waals surface area contributed by atoms with Gasteiger partial charge in [0.15, 0.2) is 5.82 Å². The molecule has 3 heterocycles. The third-order valence-electron chi connectivity index (χ3n) is 5.56. The Labute approximate surface area is 207 Å². The van der Waals surface area contributed by atoms with E-state index in [9.17, 15) is 9.18 Å². The fourth-order valence-corrected chi connectivity index (χ4v) is 3.60. The standard InChI is InChI=1S/C25H26FN7O3/c1-3-11-29-24-30-13-9-18(31-24)20-19(16-5-7-17(26)8-6-16)32-21(33-20)22-35-14-25(2,15-36-22)23(34)28-12-4-10-27/h3,5-9,13,22H,1,4,11-12,14-15H2,2H3,(H,28,34)(H,32,33)(H,29,30,31). The normalized spacial score (nSPS) is 19.3. The van der Waals surface area contributed by atoms with Gasteiger partial charge < -0.3 is 25.1 Å². The number of halogens is 1. The number of ether oxygens (including phenoxy) is 2. The number of rotatable bonds is 9. The molecule has 0 atom stereocenters. The van der Waals surface area contributed by atoms with Crippen LogP contribution in [0.2, 0.25) is 0 Å². The number of nitrogens with one attached hydrogen (secondary N) is 3. The van der Waals surface area contributed by atoms with Crippen LogP contribution in [0.4, 0.5) is 10.3 Å². The van der Waals surface area contributed by atoms with Crippen molar-refractivity contribution in [3.63, 3.8) is 0 Å². The summed E-state index contributed by atoms with van der Waals surface area (Å²) in [5, 5.41) is 14.5. The number of hydrogen-bond acceptors (Lipinski definition) is 8. The lowest BCUT2D eigenvalue weighted by molar-refractivity contribution is -0.231. The molecule has 1 fully saturated rings. The SMILES string of the molecule is C=CCNc1nccc(-c2[nH]c(C3OCC(C)(C(=O)NCCC#N)CO3)nc2-c2ccc(F)cc2)n1. The van der Waals surface area contributed by atoms with E-state index < -0.39 is 11.7 Å². The lowest BCUT2D eigenvalue weighted by Crippen LogP contribution is -2.48. The second-order valence-corrected chi connectivity index (χ2v) is 8.47. The number of benzene rings is 1. The zero-order valence-electron chi connectivity index (χ0n) is 19.8. The number of nitrogens with zero attached hydrogens (tertiary/aromatic N) is 4. The number of nitriles is 1. The summed E-state index contributed by atoms with van der Waals surface area (Å²) in [5.41, 5.74) is 1.45. The van der Waals surface area contributed by atoms with E-state index in [-0.39, 0.29) is 37.9 Å². The molecule has 1 aliphatic rings. The molecule has 0 bridgehead atoms. The molecule has 0 unspecified atom stereocenters. The summed E-state index contributed by atoms with van der Waals surface area (Å²) in [6.45, 7) is 6.37. The van der Waals surface area contributed by atoms with Crippen LogP contribution in [0.5, 0.6) is 0 Å². The first-order valence-electron chi connectivity index (χ1n) is 11.4. The van der Waals surface area contributed by atoms with Crippen molar-refractivity contribution in [1.82, 2.24) is 25.3 Å². The average Bonchev–Trinajstić information content (AvgIpc) is 3.34. The summed E-state index contributed by atoms with van der Waals surface area (Å²) in [4.78, 5) is 29.2. The van der Waals surface area contributed by atoms with E-state index >= 15 is 0 Å². The molecule has 10 nitrogen and oxygen atoms in total. The van der Waals surface area contributed by atoms with Crippen molar-refractivity contribution in [1.29, 1.82) is 5.26 Å². The van der Waals surface area contributed by atoms with Gasteiger partial charge in [0, 0.05) is 24.8 Å². The molecule has 0 radical (unpaired) electrons. The Hall–Kier alpha value is -4.14. The Bertz CT molecular complexity index is 1260. The highest BCUT2D eigenvalue weighted by Gasteiger charge is 2.40. The zero-order valence-corrected chi connectivity index (χ0v) is 19.8. The van der Waals surface area contributed by atoms with Gasteiger partial charge in [0.05, 0.1) is 48.2 Å². The van der Waals surface area contributed by atoms with Gasteiger partial charge in [0.25, 0.3) is 0 Å². The molecule has 3 N–H and O–H groups in total. The first-order chi connectivity index (χ1) is 17.4. The number of carbonyl (C=O) groups is 1. The fraction of sp³-hybridized carbons (Fsp3) is 0.320. The van der Waals surface area contributed by atoms with Crippen LogP contribution in [0, 0.1) is 22.6 Å². The summed E-state index contributed by atoms with van der Waals surface area (Å²) < 4.78 is 25.3. The van der Waals surface area contributed by atoms with Crippen LogP contribution in [0.1, 0.15) is 25.5 Å². The van der Waals surface area contributed by atoms with Crippen molar-refractivity contribution < 1.29 is 18.7 Å². The van der Waals surface area contributed by atoms with Gasteiger partial charge in [0.2, 0.25) is 18.1 Å². The van der Waals surface area contributed by atoms with Gasteiger partial charge in [-0.2, -0.15) is 5.26 Å². The fourth-order valence-electron chi connectivity index (χ4n) is 3.60. The zero-order chi connectivity index (χ0) is 25.5. The summed E-state index contributed by atoms with van der Waals surface area (Å²) in [6, 6.07) is 9.69. The molecule has 0 aliphatic carbocycles. The molecular weight excluding hydrogens is 465 g/mol. The smallest absolute Gasteiger partial charge is 0.230 e. The predicted molar refractivity (Wildman–Crippen MR) is 130 cm³/mol. The molecule has 1 aliphatic heterocycles. The maximum Gasteiger partial charge on any atom is 0.230 e. The summed E-state index contributed by atoms with van der Waals surface area (Å²) in [5.74, 6) is 0.191. The Kier molecular flexibility index (Phi) is 7.68. The minimum Gasteiger partial charge on any atom is -0.354 e. The number of imidazole rings is 1. The molecule has 0 spiro atoms. The van der Waals surface area contributed by atoms with Crippen LogP contribution in [0.3, 0.4) is 0 Å². The highest BCUT2D eigenvalue weighted by molar-refractivity contribution is 5.82. The van der Waals surface area contributed by atoms with Crippen molar-refractivity contribution >= 4 is 11.9 Å². The number of aromatic amines is 1. The Morgan fingerprint density at radius 3 is 2.75 bits per heavy atom. The number of anilines is 1. The van der Waals surface area contributed by atoms with Crippen LogP contribution in [0.25, 0.3) is 22.6 Å². The van der Waals surface area contributed by atoms with Crippen molar-refractivity contribution in [3.8, 4) is 28.7 Å². The van der Waals surface area contributed by atoms with Crippen LogP contribution < -0.4 is 10.6 Å². The van der Waals surface area contributed by atoms with E-state index in [0.717, 1.165) is 0 Å². The van der Waals surface area contributed by atoms with Gasteiger partial charge in [-0.1, -0.05) is 6.08 Å². The number of hydrogen-bond donors (Lipinski definition) is 3. The topological polar surface area (TPSA) is 138 Å². The highest BCUT2D eigenvalue weighted by Crippen LogP contribution is 2.35. The minimum absolute atomic E-state index is 0.0983. The van der Waals surface area contributed by atoms with E-state index in [4.69, 9.17) is 19.7 Å². The molecule has 1 amide bonds. The van der Waals surface area contributed by atoms with Gasteiger partial charge in [-0.15, -0.1) is 6.58 Å². The number of carbonyl (C=O) groups excluding carboxylic acids is 1. The molecule has 1 saturated heterocycles. The minimum atomic E-state index is -0.903. The van der Waals surface area contributed by atoms with Crippen LogP contribution >= 0.6 is 0 Å². The van der Waals surface area contributed by atoms with Gasteiger partial charge in [-0.05, 0) is 37.3 Å². The second kappa shape index (κ2) is 11.1. The van der Waals surface area contributed by atoms with Crippen molar-refractivity contribution in [3.05, 3.63) is 60.8 Å². The molecular formula is C25H26FN7O3. The quantitative estimate of drug-likeness (QED) is 0.306. The van der Waals surface area contributed by atoms with Crippen molar-refractivity contribution in [2.45, 2.75) is 19.6 Å². The molecule has 186 valence electrons. The van der Waals surface area contributed by atoms with Crippen LogP contribution in [-0.4, -0.2) is 52.1 Å². The first-order valence-corrected chi connectivity index (χ1v) is 11.4. The van der Waals surface area contributed by atoms with E-state index in [0.29, 0.717) is 41.0 Å². The van der Waals surface area contributed by atoms with E-state index in [2.05, 4.69) is 32.2 Å². The van der Waals surface area contributed by atoms with Gasteiger partial charge in [-0.25, -0.2) is 19.3 Å². The summed E-state index contributed by atoms with van der Waals surface area (Å²) in [6.07, 6.45) is 2.69. The van der Waals surface area contributed by atoms with Crippen LogP contribution in [0.15, 0.2) is 49.2 Å². The van der Waals surface area contributed by atoms with Gasteiger partial charge >= 0.3 is 0 Å². The second-order valence-electron chi connectivity index (χ2n) is 8.47. The Morgan fingerprint density at radius 2 is 2.06 bits per heavy atom. The van der Waals surface area contributed by atoms with E-state index in [1.807, 2.05) is 6.07 Å². The Balaban J connectivity index is 1.60. The molecule has 3 aromatic rings. The van der Waals surface area contributed by atoms with Crippen molar-refractivity contribution in [2.75, 3.05) is 31.6 Å². The number of H-pyrrole nitrogens is 1. The summed E-state index contributed by atoms with van der Waals surface area (Å²) >= 11 is 0. The molecule has 36 heavy (non-hydrogen) atoms. The third kappa shape index (κ3) is 5.56. The lowest BCUT2D eigenvalue weighted by Gasteiger charge is -2.35. The molecule has 0 saturated carbocycles. The molecule has 2 aromatic heterocycles. The maximum atomic E-state index is 13.6. The Morgan fingerprint density at radius 1 is 1.31 bits per heavy atom. The van der Waals surface area contributed by atoms with E-state index in [1.54, 1.807) is 37.4 Å². The average molecular weight is 492 g/mol. The monoisotopic (exact) mass is 491 g/mol. The molecule has 4 rings (SSSR count). The highest BCUT2D eigenvalue weighted by atomic mass is 19.1. The van der Waals surface area contributed by atoms with Gasteiger partial charge in [0.1, 0.15) is 5.82 Å². The lowest BCUT2D eigenvalue weighted by atomic mass is 9.91. The van der Waals surface area contributed by atoms with Crippen molar-refractivity contribution in [2.24, 2.45) is 5.41 Å². The van der Waals surface area contributed by atoms with E-state index in [1.165, 1.54) is 12.1 Å². The van der Waals surface area contributed by atoms with Gasteiger partial charge in [-0.3, -0.25) is 4.79 Å². The van der Waals surface area contributed by atoms with Crippen LogP contribution in [-0.2, 0) is 14.3 Å². The largest absolute Gasteiger partial charge is 0.354 e. The summed E-state index contributed by atoms with van der Waals surface area (Å²) in [7, 11) is 0.